The molecule has 12 heterocycles. The van der Waals surface area contributed by atoms with Crippen molar-refractivity contribution in [1.29, 1.82) is 0 Å². The number of anilines is 2. The minimum atomic E-state index is -2.16. The fraction of sp³-hybridized carbons (Fsp3) is 0.657. The molecule has 36 heteroatoms. The average molecular weight is 1510 g/mol. The monoisotopic (exact) mass is 1510 g/mol. The summed E-state index contributed by atoms with van der Waals surface area (Å²) >= 11 is 14.7. The Morgan fingerprint density at radius 1 is 0.377 bits per heavy atom. The topological polar surface area (TPSA) is 398 Å². The highest BCUT2D eigenvalue weighted by Gasteiger charge is 2.65. The number of rotatable bonds is 3. The summed E-state index contributed by atoms with van der Waals surface area (Å²) in [4.78, 5) is 187. The van der Waals surface area contributed by atoms with Crippen molar-refractivity contribution in [2.75, 3.05) is 64.0 Å². The summed E-state index contributed by atoms with van der Waals surface area (Å²) in [6.45, 7) is 11.7. The number of hydrogen-bond donors (Lipinski definition) is 12. The molecule has 2 aromatic carbocycles. The number of hydrogen-bond acceptors (Lipinski definition) is 22. The minimum absolute atomic E-state index is 0.0525. The number of carbonyl (C=O) groups excluding carboxylic acids is 12. The molecule has 2 aromatic rings. The van der Waals surface area contributed by atoms with Gasteiger partial charge in [0.15, 0.2) is 0 Å². The molecule has 12 N–H and O–H groups in total. The van der Waals surface area contributed by atoms with Crippen LogP contribution in [0.3, 0.4) is 0 Å². The first kappa shape index (κ1) is 74.8. The van der Waals surface area contributed by atoms with Gasteiger partial charge in [-0.3, -0.25) is 87.6 Å². The lowest BCUT2D eigenvalue weighted by Gasteiger charge is -2.45. The maximum Gasteiger partial charge on any atom is 0.261 e. The molecule has 34 nitrogen and oxygen atoms in total. The van der Waals surface area contributed by atoms with E-state index in [0.717, 1.165) is 0 Å². The minimum Gasteiger partial charge on any atom is -0.381 e. The number of hydrazine groups is 6. The van der Waals surface area contributed by atoms with Gasteiger partial charge < -0.3 is 51.1 Å². The van der Waals surface area contributed by atoms with Gasteiger partial charge in [0.2, 0.25) is 35.4 Å². The van der Waals surface area contributed by atoms with E-state index < -0.39 is 192 Å². The first-order valence-electron chi connectivity index (χ1n) is 37.3. The van der Waals surface area contributed by atoms with Crippen LogP contribution in [-0.4, -0.2) is 269 Å². The van der Waals surface area contributed by atoms with Crippen molar-refractivity contribution in [1.82, 2.24) is 92.8 Å². The average Bonchev–Trinajstić information content (AvgIpc) is 1.55. The summed E-state index contributed by atoms with van der Waals surface area (Å²) in [6, 6.07) is -9.00. The molecule has 0 radical (unpaired) electrons. The van der Waals surface area contributed by atoms with Crippen LogP contribution in [0, 0.1) is 11.8 Å². The number of fused-ring (bicyclic) bond motifs is 16. The summed E-state index contributed by atoms with van der Waals surface area (Å²) in [7, 11) is 2.91. The number of halogens is 2. The Balaban J connectivity index is 0.821. The van der Waals surface area contributed by atoms with Crippen LogP contribution in [0.4, 0.5) is 11.4 Å². The molecule has 14 rings (SSSR count). The van der Waals surface area contributed by atoms with Crippen molar-refractivity contribution in [3.05, 3.63) is 45.4 Å². The van der Waals surface area contributed by atoms with Crippen LogP contribution in [0.15, 0.2) is 24.3 Å². The van der Waals surface area contributed by atoms with Crippen molar-refractivity contribution < 1.29 is 67.7 Å². The summed E-state index contributed by atoms with van der Waals surface area (Å²) < 4.78 is 0. The van der Waals surface area contributed by atoms with Crippen molar-refractivity contribution in [2.45, 2.75) is 227 Å². The Hall–Kier alpha value is -8.06. The number of nitrogens with one attached hydrogen (secondary N) is 10. The molecule has 10 fully saturated rings. The largest absolute Gasteiger partial charge is 0.381 e. The SMILES string of the molecule is CC(C)[C@H]1NC(=O)[C@@H]2C[C@@]3(O)c4cc(-c5cc6c(cc5Cl)N[C@H]5N7C(=O)[C@H]8CCCNN8C(=O)[C@H](C)N(C)C(=O)[C@H]8CCCNN8C(=O)[C@@H]8CCCNN8C(=O)[C@@H](C(C)C)NC(=O)[C@@H]7C[C@@]65O)c(Cl)cc4N[C@H]3N2C(=O)[C@H]2CCCNN2C(=O)[C@H](C)N(C)C(=O)[C@H]2CCCNN2C(=O)[C@@H]2CCCNN2C1=O. The zero-order valence-corrected chi connectivity index (χ0v) is 62.2. The van der Waals surface area contributed by atoms with Gasteiger partial charge in [0, 0.05) is 99.8 Å². The van der Waals surface area contributed by atoms with E-state index >= 15 is 28.8 Å². The van der Waals surface area contributed by atoms with Crippen LogP contribution in [0.2, 0.25) is 10.0 Å². The van der Waals surface area contributed by atoms with Gasteiger partial charge in [-0.05, 0) is 127 Å². The maximum atomic E-state index is 15.9. The highest BCUT2D eigenvalue weighted by molar-refractivity contribution is 6.37. The molecule has 0 aromatic heterocycles. The van der Waals surface area contributed by atoms with Crippen molar-refractivity contribution in [3.63, 3.8) is 0 Å². The Morgan fingerprint density at radius 2 is 0.651 bits per heavy atom. The fourth-order valence-electron chi connectivity index (χ4n) is 17.8. The van der Waals surface area contributed by atoms with Crippen molar-refractivity contribution >= 4 is 105 Å². The maximum absolute atomic E-state index is 15.9. The molecule has 12 amide bonds. The number of amides is 12. The molecular formula is C70H96Cl2N20O14. The third-order valence-corrected chi connectivity index (χ3v) is 24.6. The molecular weight excluding hydrogens is 1420 g/mol. The van der Waals surface area contributed by atoms with Gasteiger partial charge in [-0.15, -0.1) is 0 Å². The summed E-state index contributed by atoms with van der Waals surface area (Å²) in [5.41, 5.74) is 15.3. The van der Waals surface area contributed by atoms with E-state index in [0.29, 0.717) is 64.7 Å². The van der Waals surface area contributed by atoms with E-state index in [-0.39, 0.29) is 95.3 Å². The van der Waals surface area contributed by atoms with E-state index in [4.69, 9.17) is 23.2 Å². The Kier molecular flexibility index (Phi) is 20.3. The molecule has 574 valence electrons. The van der Waals surface area contributed by atoms with Gasteiger partial charge in [-0.2, -0.15) is 0 Å². The second-order valence-electron chi connectivity index (χ2n) is 31.0. The molecule has 10 saturated heterocycles. The zero-order valence-electron chi connectivity index (χ0n) is 60.7. The predicted molar refractivity (Wildman–Crippen MR) is 380 cm³/mol. The molecule has 106 heavy (non-hydrogen) atoms. The van der Waals surface area contributed by atoms with Crippen molar-refractivity contribution in [2.24, 2.45) is 11.8 Å². The highest BCUT2D eigenvalue weighted by Crippen LogP contribution is 2.56. The molecule has 0 saturated carbocycles. The lowest BCUT2D eigenvalue weighted by atomic mass is 9.86. The number of carbonyl (C=O) groups is 12. The second-order valence-corrected chi connectivity index (χ2v) is 31.8. The summed E-state index contributed by atoms with van der Waals surface area (Å²) in [5.74, 6) is -9.23. The quantitative estimate of drug-likeness (QED) is 0.170. The van der Waals surface area contributed by atoms with E-state index in [1.54, 1.807) is 39.8 Å². The molecule has 12 aliphatic rings. The first-order chi connectivity index (χ1) is 50.5. The number of aliphatic hydroxyl groups is 2. The summed E-state index contributed by atoms with van der Waals surface area (Å²) in [5, 5.41) is 47.0. The first-order valence-corrected chi connectivity index (χ1v) is 38.1. The van der Waals surface area contributed by atoms with Gasteiger partial charge in [0.1, 0.15) is 96.0 Å². The van der Waals surface area contributed by atoms with Gasteiger partial charge in [-0.1, -0.05) is 50.9 Å². The van der Waals surface area contributed by atoms with E-state index in [2.05, 4.69) is 53.8 Å². The smallest absolute Gasteiger partial charge is 0.261 e. The van der Waals surface area contributed by atoms with Crippen LogP contribution in [-0.2, 0) is 68.7 Å². The van der Waals surface area contributed by atoms with Crippen LogP contribution in [0.5, 0.6) is 0 Å². The lowest BCUT2D eigenvalue weighted by Crippen LogP contribution is -2.69. The Labute approximate surface area is 623 Å². The normalized spacial score (nSPS) is 34.6. The molecule has 16 atom stereocenters. The number of benzene rings is 2. The van der Waals surface area contributed by atoms with Crippen LogP contribution >= 0.6 is 23.2 Å². The van der Waals surface area contributed by atoms with Crippen LogP contribution in [0.25, 0.3) is 11.1 Å². The zero-order chi connectivity index (χ0) is 75.6. The van der Waals surface area contributed by atoms with E-state index in [1.807, 2.05) is 0 Å². The summed E-state index contributed by atoms with van der Waals surface area (Å²) in [6.07, 6.45) is 0.0413. The standard InChI is InChI=1S/C70H96Cl2N20O14/c1-33(2)53-65(103)91-49(19-13-25-77-91)63(101)89-45(15-9-23-75-89)59(97)83(7)35(5)57(95)87-47(17-11-21-73-87)61(99)85-51(55(93)81-53)31-69(105)39-27-37(41(71)29-43(39)79-67(69)85)38-28-40-44(30-42(38)72)80-68-70(40,106)32-52-56(94)82-54(34(3)4)66(104)92-50(20-14-26-78-92)64(102)90-46(16-10-24-76-90)60(98)84(8)36(6)58(96)88-48(18-12-22-74-88)62(100)86(52)68/h27-30,33-36,45-54,67-68,73-80,105-106H,9-26,31-32H2,1-8H3,(H,81,93)(H,82,94)/t35-,36-,45+,46+,47+,48+,49-,50-,51-,52-,53+,54+,67-,68-,69+,70+/m0/s1. The third kappa shape index (κ3) is 12.4. The van der Waals surface area contributed by atoms with E-state index in [9.17, 15) is 39.0 Å². The fourth-order valence-corrected chi connectivity index (χ4v) is 18.3. The molecule has 12 aliphatic heterocycles. The second kappa shape index (κ2) is 28.8. The van der Waals surface area contributed by atoms with E-state index in [1.165, 1.54) is 89.7 Å². The predicted octanol–water partition coefficient (Wildman–Crippen LogP) is -1.28. The van der Waals surface area contributed by atoms with Crippen LogP contribution in [0.1, 0.15) is 143 Å². The van der Waals surface area contributed by atoms with Crippen LogP contribution < -0.4 is 53.8 Å². The van der Waals surface area contributed by atoms with Gasteiger partial charge in [0.25, 0.3) is 35.4 Å². The Morgan fingerprint density at radius 3 is 0.953 bits per heavy atom. The van der Waals surface area contributed by atoms with Gasteiger partial charge in [0.05, 0.1) is 10.0 Å². The van der Waals surface area contributed by atoms with Gasteiger partial charge in [-0.25, -0.2) is 32.6 Å². The molecule has 0 spiro atoms. The Bertz CT molecular complexity index is 3740. The molecule has 0 unspecified atom stereocenters. The lowest BCUT2D eigenvalue weighted by molar-refractivity contribution is -0.165. The van der Waals surface area contributed by atoms with Crippen molar-refractivity contribution in [3.8, 4) is 11.1 Å². The van der Waals surface area contributed by atoms with Gasteiger partial charge >= 0.3 is 0 Å². The molecule has 0 aliphatic carbocycles. The third-order valence-electron chi connectivity index (χ3n) is 23.9. The molecule has 0 bridgehead atoms. The number of nitrogens with zero attached hydrogens (tertiary/aromatic N) is 10. The number of likely N-dealkylation sites (N-methyl/N-ethyl adjacent to an activating group) is 2. The highest BCUT2D eigenvalue weighted by atomic mass is 35.5.